The van der Waals surface area contributed by atoms with Gasteiger partial charge in [0.15, 0.2) is 12.3 Å². The van der Waals surface area contributed by atoms with Gasteiger partial charge in [-0.1, -0.05) is 52.7 Å². The fourth-order valence-corrected chi connectivity index (χ4v) is 7.44. The van der Waals surface area contributed by atoms with E-state index in [-0.39, 0.29) is 11.7 Å². The number of aliphatic carboxylic acids is 1. The fourth-order valence-electron chi connectivity index (χ4n) is 7.44. The molecule has 0 unspecified atom stereocenters. The van der Waals surface area contributed by atoms with Gasteiger partial charge >= 0.3 is 5.97 Å². The average Bonchev–Trinajstić information content (AvgIpc) is 3.57. The van der Waals surface area contributed by atoms with E-state index in [4.69, 9.17) is 5.10 Å². The molecule has 6 heteroatoms. The number of nitrogens with zero attached hydrogens (tertiary/aromatic N) is 3. The number of benzene rings is 2. The number of hydrogen-bond acceptors (Lipinski definition) is 3. The van der Waals surface area contributed by atoms with Crippen LogP contribution in [-0.4, -0.2) is 58.3 Å². The number of carboxylic acid groups (broad SMARTS) is 1. The number of piperidine rings is 1. The van der Waals surface area contributed by atoms with Gasteiger partial charge in [0.1, 0.15) is 5.82 Å². The smallest absolute Gasteiger partial charge is 0.331 e. The van der Waals surface area contributed by atoms with E-state index in [2.05, 4.69) is 46.8 Å². The largest absolute Gasteiger partial charge is 0.478 e. The van der Waals surface area contributed by atoms with Crippen LogP contribution in [0.2, 0.25) is 0 Å². The molecule has 1 N–H and O–H groups in total. The second-order valence-corrected chi connectivity index (χ2v) is 12.7. The number of hydrogen-bond donors (Lipinski definition) is 1. The van der Waals surface area contributed by atoms with E-state index in [9.17, 15) is 14.3 Å². The van der Waals surface area contributed by atoms with Gasteiger partial charge < -0.3 is 10.0 Å². The average molecular weight is 557 g/mol. The maximum absolute atomic E-state index is 14.2. The third-order valence-electron chi connectivity index (χ3n) is 9.78. The summed E-state index contributed by atoms with van der Waals surface area (Å²) >= 11 is 0. The Morgan fingerprint density at radius 1 is 1.05 bits per heavy atom. The molecule has 0 bridgehead atoms. The minimum atomic E-state index is -0.755. The van der Waals surface area contributed by atoms with Crippen molar-refractivity contribution in [3.05, 3.63) is 82.7 Å². The Labute approximate surface area is 243 Å². The fraction of sp³-hybridized carbons (Fsp3) is 0.514. The van der Waals surface area contributed by atoms with Crippen molar-refractivity contribution >= 4 is 17.4 Å². The first-order chi connectivity index (χ1) is 20.0. The van der Waals surface area contributed by atoms with Crippen LogP contribution in [0, 0.1) is 23.6 Å². The summed E-state index contributed by atoms with van der Waals surface area (Å²) in [5.74, 6) is 0.600. The molecule has 216 valence electrons. The quantitative estimate of drug-likeness (QED) is 0.262. The molecule has 6 rings (SSSR count). The molecule has 0 amide bonds. The first-order valence-corrected chi connectivity index (χ1v) is 15.6. The van der Waals surface area contributed by atoms with Crippen LogP contribution in [0.4, 0.5) is 4.39 Å². The zero-order valence-electron chi connectivity index (χ0n) is 24.3. The number of carbonyl (C=O) groups is 1. The summed E-state index contributed by atoms with van der Waals surface area (Å²) < 4.78 is 16.5. The monoisotopic (exact) mass is 556 g/mol. The molecule has 1 saturated heterocycles. The van der Waals surface area contributed by atoms with Crippen LogP contribution in [0.1, 0.15) is 75.3 Å². The van der Waals surface area contributed by atoms with E-state index in [1.807, 2.05) is 6.07 Å². The first kappa shape index (κ1) is 28.0. The van der Waals surface area contributed by atoms with Crippen molar-refractivity contribution in [1.29, 1.82) is 0 Å². The van der Waals surface area contributed by atoms with Crippen LogP contribution in [0.3, 0.4) is 0 Å². The number of allylic oxidation sites excluding steroid dienone is 1. The third-order valence-corrected chi connectivity index (χ3v) is 9.78. The number of hydrazone groups is 1. The Kier molecular flexibility index (Phi) is 8.47. The lowest BCUT2D eigenvalue weighted by atomic mass is 9.86. The molecule has 0 aromatic heterocycles. The molecule has 2 aliphatic heterocycles. The van der Waals surface area contributed by atoms with Crippen LogP contribution >= 0.6 is 0 Å². The van der Waals surface area contributed by atoms with Crippen LogP contribution in [0.25, 0.3) is 0 Å². The SMILES string of the molecule is CC[N+]1=C(C2CCN(C[C@H]3C/C(=C(/CC4CC4)C(=O)O)C[C@@H]3c3cccc(F)c3)CC2)CC(Cc2ccccc2)=N1. The molecule has 41 heavy (non-hydrogen) atoms. The summed E-state index contributed by atoms with van der Waals surface area (Å²) in [5, 5.41) is 15.0. The van der Waals surface area contributed by atoms with Crippen molar-refractivity contribution in [2.24, 2.45) is 22.9 Å². The second kappa shape index (κ2) is 12.4. The molecule has 0 spiro atoms. The summed E-state index contributed by atoms with van der Waals surface area (Å²) in [4.78, 5) is 14.8. The van der Waals surface area contributed by atoms with Crippen LogP contribution in [0.5, 0.6) is 0 Å². The maximum atomic E-state index is 14.2. The highest BCUT2D eigenvalue weighted by Crippen LogP contribution is 2.47. The summed E-state index contributed by atoms with van der Waals surface area (Å²) in [6.07, 6.45) is 8.68. The first-order valence-electron chi connectivity index (χ1n) is 15.6. The molecule has 2 aromatic carbocycles. The van der Waals surface area contributed by atoms with Gasteiger partial charge in [-0.25, -0.2) is 9.18 Å². The van der Waals surface area contributed by atoms with Crippen molar-refractivity contribution in [2.45, 2.75) is 70.6 Å². The Hall–Kier alpha value is -3.12. The van der Waals surface area contributed by atoms with Gasteiger partial charge in [-0.05, 0) is 111 Å². The maximum Gasteiger partial charge on any atom is 0.331 e. The molecule has 3 fully saturated rings. The second-order valence-electron chi connectivity index (χ2n) is 12.7. The van der Waals surface area contributed by atoms with E-state index in [0.717, 1.165) is 88.7 Å². The number of halogens is 1. The lowest BCUT2D eigenvalue weighted by Crippen LogP contribution is -2.40. The van der Waals surface area contributed by atoms with Crippen LogP contribution in [-0.2, 0) is 11.2 Å². The third kappa shape index (κ3) is 6.69. The van der Waals surface area contributed by atoms with Crippen LogP contribution < -0.4 is 0 Å². The highest BCUT2D eigenvalue weighted by molar-refractivity contribution is 6.05. The topological polar surface area (TPSA) is 55.9 Å². The van der Waals surface area contributed by atoms with Crippen molar-refractivity contribution in [3.63, 3.8) is 0 Å². The van der Waals surface area contributed by atoms with Crippen molar-refractivity contribution in [1.82, 2.24) is 4.90 Å². The number of rotatable bonds is 10. The molecule has 0 radical (unpaired) electrons. The Bertz CT molecular complexity index is 1350. The van der Waals surface area contributed by atoms with Gasteiger partial charge in [0.25, 0.3) is 0 Å². The summed E-state index contributed by atoms with van der Waals surface area (Å²) in [7, 11) is 0. The molecule has 4 aliphatic rings. The Balaban J connectivity index is 1.11. The number of likely N-dealkylation sites (tertiary alicyclic amines) is 1. The van der Waals surface area contributed by atoms with Crippen LogP contribution in [0.15, 0.2) is 70.8 Å². The summed E-state index contributed by atoms with van der Waals surface area (Å²) in [6, 6.07) is 17.6. The molecule has 2 atom stereocenters. The lowest BCUT2D eigenvalue weighted by molar-refractivity contribution is -0.529. The van der Waals surface area contributed by atoms with Crippen molar-refractivity contribution in [2.75, 3.05) is 26.2 Å². The van der Waals surface area contributed by atoms with E-state index in [1.54, 1.807) is 12.1 Å². The predicted molar refractivity (Wildman–Crippen MR) is 161 cm³/mol. The zero-order chi connectivity index (χ0) is 28.3. The Morgan fingerprint density at radius 3 is 2.51 bits per heavy atom. The van der Waals surface area contributed by atoms with Gasteiger partial charge in [0, 0.05) is 24.5 Å². The van der Waals surface area contributed by atoms with Crippen molar-refractivity contribution < 1.29 is 19.0 Å². The minimum absolute atomic E-state index is 0.167. The van der Waals surface area contributed by atoms with Gasteiger partial charge in [0.2, 0.25) is 0 Å². The molecule has 2 heterocycles. The van der Waals surface area contributed by atoms with E-state index in [1.165, 1.54) is 23.1 Å². The van der Waals surface area contributed by atoms with Gasteiger partial charge in [-0.2, -0.15) is 0 Å². The lowest BCUT2D eigenvalue weighted by Gasteiger charge is -2.34. The van der Waals surface area contributed by atoms with Crippen molar-refractivity contribution in [3.8, 4) is 0 Å². The van der Waals surface area contributed by atoms with E-state index < -0.39 is 5.97 Å². The standard InChI is InChI=1S/C35H42FN3O2/c1-2-39-34(22-31(37-39)17-24-7-4-3-5-8-24)26-13-15-38(16-14-26)23-29-19-28(33(35(40)41)18-25-11-12-25)21-32(29)27-9-6-10-30(36)20-27/h3-10,20,25-26,29,32H,2,11-19,21-23H2,1H3/p+1/b33-28+/t29-,32-/m1/s1. The minimum Gasteiger partial charge on any atom is -0.478 e. The van der Waals surface area contributed by atoms with Gasteiger partial charge in [-0.3, -0.25) is 0 Å². The molecule has 2 saturated carbocycles. The van der Waals surface area contributed by atoms with Gasteiger partial charge in [-0.15, -0.1) is 0 Å². The number of carboxylic acids is 1. The summed E-state index contributed by atoms with van der Waals surface area (Å²) in [5.41, 5.74) is 6.81. The molecule has 2 aromatic rings. The summed E-state index contributed by atoms with van der Waals surface area (Å²) in [6.45, 7) is 6.12. The molecular formula is C35H43FN3O2+. The molecule has 5 nitrogen and oxygen atoms in total. The Morgan fingerprint density at radius 2 is 1.83 bits per heavy atom. The predicted octanol–water partition coefficient (Wildman–Crippen LogP) is 6.69. The molecular weight excluding hydrogens is 513 g/mol. The highest BCUT2D eigenvalue weighted by atomic mass is 19.1. The normalized spacial score (nSPS) is 25.1. The highest BCUT2D eigenvalue weighted by Gasteiger charge is 2.39. The molecule has 2 aliphatic carbocycles. The van der Waals surface area contributed by atoms with E-state index in [0.29, 0.717) is 29.7 Å². The van der Waals surface area contributed by atoms with Gasteiger partial charge in [0.05, 0.1) is 12.1 Å². The van der Waals surface area contributed by atoms with E-state index >= 15 is 0 Å². The zero-order valence-corrected chi connectivity index (χ0v) is 24.3.